The van der Waals surface area contributed by atoms with Crippen LogP contribution in [0.3, 0.4) is 0 Å². The molecule has 0 saturated heterocycles. The number of benzene rings is 1. The second-order valence-corrected chi connectivity index (χ2v) is 4.09. The molecule has 1 N–H and O–H groups in total. The highest BCUT2D eigenvalue weighted by atomic mass is 35.5. The van der Waals surface area contributed by atoms with Crippen molar-refractivity contribution in [3.63, 3.8) is 0 Å². The SMILES string of the molecule is O=C(O)c1ccc2c(Cl)c(F)sc2c1. The minimum atomic E-state index is -1.03. The van der Waals surface area contributed by atoms with Crippen molar-refractivity contribution in [1.29, 1.82) is 0 Å². The van der Waals surface area contributed by atoms with Gasteiger partial charge in [0, 0.05) is 10.1 Å². The maximum Gasteiger partial charge on any atom is 0.335 e. The lowest BCUT2D eigenvalue weighted by atomic mass is 10.2. The number of thiophene rings is 1. The number of halogens is 2. The Morgan fingerprint density at radius 2 is 2.21 bits per heavy atom. The van der Waals surface area contributed by atoms with Gasteiger partial charge >= 0.3 is 5.97 Å². The quantitative estimate of drug-likeness (QED) is 0.815. The first-order valence-corrected chi connectivity index (χ1v) is 4.90. The zero-order valence-electron chi connectivity index (χ0n) is 6.75. The molecule has 0 atom stereocenters. The molecule has 0 fully saturated rings. The van der Waals surface area contributed by atoms with E-state index >= 15 is 0 Å². The standard InChI is InChI=1S/C9H4ClFO2S/c10-7-5-2-1-4(9(12)13)3-6(5)14-8(7)11/h1-3H,(H,12,13). The lowest BCUT2D eigenvalue weighted by molar-refractivity contribution is 0.0697. The van der Waals surface area contributed by atoms with Crippen LogP contribution in [0.2, 0.25) is 5.02 Å². The molecular formula is C9H4ClFO2S. The van der Waals surface area contributed by atoms with Crippen LogP contribution in [-0.4, -0.2) is 11.1 Å². The first-order valence-electron chi connectivity index (χ1n) is 3.70. The monoisotopic (exact) mass is 230 g/mol. The average molecular weight is 231 g/mol. The van der Waals surface area contributed by atoms with Crippen molar-refractivity contribution in [2.24, 2.45) is 0 Å². The molecule has 5 heteroatoms. The Morgan fingerprint density at radius 1 is 1.50 bits per heavy atom. The number of carbonyl (C=O) groups is 1. The van der Waals surface area contributed by atoms with Gasteiger partial charge in [0.25, 0.3) is 0 Å². The molecular weight excluding hydrogens is 227 g/mol. The van der Waals surface area contributed by atoms with Gasteiger partial charge in [0.15, 0.2) is 5.13 Å². The Morgan fingerprint density at radius 3 is 2.86 bits per heavy atom. The molecule has 0 aliphatic carbocycles. The summed E-state index contributed by atoms with van der Waals surface area (Å²) in [4.78, 5) is 10.6. The van der Waals surface area contributed by atoms with E-state index in [2.05, 4.69) is 0 Å². The number of carboxylic acid groups (broad SMARTS) is 1. The third kappa shape index (κ3) is 1.36. The fraction of sp³-hybridized carbons (Fsp3) is 0. The maximum atomic E-state index is 13.0. The molecule has 0 aliphatic heterocycles. The first-order chi connectivity index (χ1) is 6.59. The summed E-state index contributed by atoms with van der Waals surface area (Å²) in [6, 6.07) is 4.33. The molecule has 0 bridgehead atoms. The zero-order chi connectivity index (χ0) is 10.3. The Kier molecular flexibility index (Phi) is 2.17. The van der Waals surface area contributed by atoms with Gasteiger partial charge in [-0.15, -0.1) is 11.3 Å². The summed E-state index contributed by atoms with van der Waals surface area (Å²) < 4.78 is 13.6. The van der Waals surface area contributed by atoms with Crippen molar-refractivity contribution in [3.05, 3.63) is 33.9 Å². The van der Waals surface area contributed by atoms with Crippen LogP contribution in [0.25, 0.3) is 10.1 Å². The van der Waals surface area contributed by atoms with Gasteiger partial charge < -0.3 is 5.11 Å². The summed E-state index contributed by atoms with van der Waals surface area (Å²) in [6.45, 7) is 0. The number of carboxylic acids is 1. The predicted octanol–water partition coefficient (Wildman–Crippen LogP) is 3.39. The largest absolute Gasteiger partial charge is 0.478 e. The second kappa shape index (κ2) is 3.22. The van der Waals surface area contributed by atoms with Crippen LogP contribution in [0.15, 0.2) is 18.2 Å². The van der Waals surface area contributed by atoms with Crippen molar-refractivity contribution in [2.45, 2.75) is 0 Å². The molecule has 1 heterocycles. The topological polar surface area (TPSA) is 37.3 Å². The summed E-state index contributed by atoms with van der Waals surface area (Å²) in [7, 11) is 0. The van der Waals surface area contributed by atoms with Crippen LogP contribution in [-0.2, 0) is 0 Å². The van der Waals surface area contributed by atoms with Crippen LogP contribution >= 0.6 is 22.9 Å². The van der Waals surface area contributed by atoms with Crippen molar-refractivity contribution in [1.82, 2.24) is 0 Å². The second-order valence-electron chi connectivity index (χ2n) is 2.71. The van der Waals surface area contributed by atoms with Crippen molar-refractivity contribution < 1.29 is 14.3 Å². The number of rotatable bonds is 1. The molecule has 72 valence electrons. The predicted molar refractivity (Wildman–Crippen MR) is 53.8 cm³/mol. The highest BCUT2D eigenvalue weighted by Crippen LogP contribution is 2.34. The summed E-state index contributed by atoms with van der Waals surface area (Å²) in [5, 5.41) is 8.83. The molecule has 2 aromatic rings. The van der Waals surface area contributed by atoms with Gasteiger partial charge in [0.05, 0.1) is 10.6 Å². The van der Waals surface area contributed by atoms with Gasteiger partial charge in [0.2, 0.25) is 0 Å². The van der Waals surface area contributed by atoms with Crippen LogP contribution in [0.5, 0.6) is 0 Å². The molecule has 0 aliphatic rings. The fourth-order valence-corrected chi connectivity index (χ4v) is 2.36. The van der Waals surface area contributed by atoms with E-state index in [0.29, 0.717) is 10.1 Å². The summed E-state index contributed by atoms with van der Waals surface area (Å²) >= 11 is 6.51. The van der Waals surface area contributed by atoms with Gasteiger partial charge in [-0.25, -0.2) is 4.79 Å². The smallest absolute Gasteiger partial charge is 0.335 e. The van der Waals surface area contributed by atoms with Crippen molar-refractivity contribution in [3.8, 4) is 0 Å². The highest BCUT2D eigenvalue weighted by molar-refractivity contribution is 7.18. The molecule has 2 rings (SSSR count). The molecule has 2 nitrogen and oxygen atoms in total. The number of hydrogen-bond acceptors (Lipinski definition) is 2. The number of aromatic carboxylic acids is 1. The molecule has 14 heavy (non-hydrogen) atoms. The molecule has 0 spiro atoms. The van der Waals surface area contributed by atoms with Crippen LogP contribution < -0.4 is 0 Å². The van der Waals surface area contributed by atoms with E-state index in [1.54, 1.807) is 0 Å². The van der Waals surface area contributed by atoms with E-state index in [1.165, 1.54) is 18.2 Å². The highest BCUT2D eigenvalue weighted by Gasteiger charge is 2.11. The van der Waals surface area contributed by atoms with Gasteiger partial charge in [-0.3, -0.25) is 0 Å². The van der Waals surface area contributed by atoms with Gasteiger partial charge in [0.1, 0.15) is 0 Å². The minimum Gasteiger partial charge on any atom is -0.478 e. The molecule has 0 saturated carbocycles. The Hall–Kier alpha value is -1.13. The molecule has 0 amide bonds. The zero-order valence-corrected chi connectivity index (χ0v) is 8.32. The summed E-state index contributed by atoms with van der Waals surface area (Å²) in [6.07, 6.45) is 0. The lowest BCUT2D eigenvalue weighted by Gasteiger charge is -1.93. The van der Waals surface area contributed by atoms with Crippen LogP contribution in [0.1, 0.15) is 10.4 Å². The third-order valence-electron chi connectivity index (χ3n) is 1.84. The Balaban J connectivity index is 2.73. The maximum absolute atomic E-state index is 13.0. The normalized spacial score (nSPS) is 10.7. The Bertz CT molecular complexity index is 521. The van der Waals surface area contributed by atoms with E-state index in [1.807, 2.05) is 0 Å². The average Bonchev–Trinajstić information content (AvgIpc) is 2.42. The van der Waals surface area contributed by atoms with E-state index in [0.717, 1.165) is 11.3 Å². The molecule has 0 radical (unpaired) electrons. The fourth-order valence-electron chi connectivity index (χ4n) is 1.17. The Labute approximate surface area is 87.5 Å². The van der Waals surface area contributed by atoms with E-state index < -0.39 is 11.1 Å². The molecule has 0 unspecified atom stereocenters. The van der Waals surface area contributed by atoms with Gasteiger partial charge in [-0.1, -0.05) is 17.7 Å². The van der Waals surface area contributed by atoms with E-state index in [-0.39, 0.29) is 10.6 Å². The first kappa shape index (κ1) is 9.43. The van der Waals surface area contributed by atoms with Crippen LogP contribution in [0, 0.1) is 5.13 Å². The number of fused-ring (bicyclic) bond motifs is 1. The summed E-state index contributed by atoms with van der Waals surface area (Å²) in [5.41, 5.74) is 0.135. The number of hydrogen-bond donors (Lipinski definition) is 1. The summed E-state index contributed by atoms with van der Waals surface area (Å²) in [5.74, 6) is -1.03. The lowest BCUT2D eigenvalue weighted by Crippen LogP contribution is -1.94. The van der Waals surface area contributed by atoms with Gasteiger partial charge in [-0.05, 0) is 12.1 Å². The van der Waals surface area contributed by atoms with Crippen molar-refractivity contribution in [2.75, 3.05) is 0 Å². The van der Waals surface area contributed by atoms with Crippen LogP contribution in [0.4, 0.5) is 4.39 Å². The molecule has 1 aromatic carbocycles. The van der Waals surface area contributed by atoms with E-state index in [9.17, 15) is 9.18 Å². The van der Waals surface area contributed by atoms with E-state index in [4.69, 9.17) is 16.7 Å². The van der Waals surface area contributed by atoms with Crippen molar-refractivity contribution >= 4 is 39.0 Å². The molecule has 1 aromatic heterocycles. The third-order valence-corrected chi connectivity index (χ3v) is 3.26. The minimum absolute atomic E-state index is 0.0574. The van der Waals surface area contributed by atoms with Gasteiger partial charge in [-0.2, -0.15) is 4.39 Å².